The van der Waals surface area contributed by atoms with E-state index < -0.39 is 17.6 Å². The lowest BCUT2D eigenvalue weighted by Crippen LogP contribution is -2.23. The van der Waals surface area contributed by atoms with Crippen molar-refractivity contribution >= 4 is 11.7 Å². The average molecular weight is 350 g/mol. The Balaban J connectivity index is 2.09. The van der Waals surface area contributed by atoms with Crippen LogP contribution in [-0.4, -0.2) is 16.7 Å². The number of hydrogen-bond donors (Lipinski definition) is 1. The van der Waals surface area contributed by atoms with Crippen LogP contribution >= 0.6 is 0 Å². The number of aromatic nitrogens is 1. The second-order valence-corrected chi connectivity index (χ2v) is 5.74. The third-order valence-electron chi connectivity index (χ3n) is 3.57. The van der Waals surface area contributed by atoms with Crippen LogP contribution in [0.3, 0.4) is 0 Å². The summed E-state index contributed by atoms with van der Waals surface area (Å²) >= 11 is 0. The number of carbonyl (C=O) groups is 2. The normalized spacial score (nSPS) is 11.2. The van der Waals surface area contributed by atoms with Gasteiger partial charge in [-0.15, -0.1) is 0 Å². The number of Topliss-reactive ketones (excluding diaryl/α,β-unsaturated/α-hetero) is 1. The monoisotopic (exact) mass is 350 g/mol. The van der Waals surface area contributed by atoms with E-state index in [1.807, 2.05) is 0 Å². The highest BCUT2D eigenvalue weighted by Gasteiger charge is 2.32. The first-order chi connectivity index (χ1) is 11.7. The molecule has 1 aromatic heterocycles. The number of halogens is 3. The molecule has 0 aliphatic rings. The SMILES string of the molecule is CC(=O)Cc1cc(C(=O)NCc2ccc(C)c(C(F)(F)F)c2)ccn1. The molecule has 1 amide bonds. The van der Waals surface area contributed by atoms with Crippen LogP contribution in [0.2, 0.25) is 0 Å². The maximum Gasteiger partial charge on any atom is 0.416 e. The second kappa shape index (κ2) is 7.46. The van der Waals surface area contributed by atoms with Crippen LogP contribution in [0.1, 0.15) is 39.7 Å². The van der Waals surface area contributed by atoms with Crippen LogP contribution in [-0.2, 0) is 23.9 Å². The van der Waals surface area contributed by atoms with Crippen molar-refractivity contribution in [2.75, 3.05) is 0 Å². The number of rotatable bonds is 5. The Morgan fingerprint density at radius 1 is 1.16 bits per heavy atom. The van der Waals surface area contributed by atoms with Gasteiger partial charge < -0.3 is 5.32 Å². The molecular formula is C18H17F3N2O2. The highest BCUT2D eigenvalue weighted by molar-refractivity contribution is 5.94. The number of nitrogens with one attached hydrogen (secondary N) is 1. The molecule has 0 radical (unpaired) electrons. The maximum atomic E-state index is 12.9. The first-order valence-corrected chi connectivity index (χ1v) is 7.56. The minimum absolute atomic E-state index is 0.0352. The van der Waals surface area contributed by atoms with E-state index in [1.165, 1.54) is 38.2 Å². The third kappa shape index (κ3) is 5.14. The molecule has 0 saturated heterocycles. The lowest BCUT2D eigenvalue weighted by atomic mass is 10.0. The average Bonchev–Trinajstić information content (AvgIpc) is 2.52. The van der Waals surface area contributed by atoms with Crippen molar-refractivity contribution in [2.45, 2.75) is 33.0 Å². The zero-order valence-corrected chi connectivity index (χ0v) is 13.8. The quantitative estimate of drug-likeness (QED) is 0.898. The van der Waals surface area contributed by atoms with Gasteiger partial charge in [-0.05, 0) is 43.2 Å². The molecule has 2 rings (SSSR count). The molecule has 2 aromatic rings. The molecule has 0 atom stereocenters. The highest BCUT2D eigenvalue weighted by Crippen LogP contribution is 2.32. The standard InChI is InChI=1S/C18H17F3N2O2/c1-11-3-4-13(8-16(11)18(19,20)21)10-23-17(25)14-5-6-22-15(9-14)7-12(2)24/h3-6,8-9H,7,10H2,1-2H3,(H,23,25). The predicted octanol–water partition coefficient (Wildman–Crippen LogP) is 3.47. The van der Waals surface area contributed by atoms with Crippen LogP contribution in [0.25, 0.3) is 0 Å². The molecule has 1 aromatic carbocycles. The first-order valence-electron chi connectivity index (χ1n) is 7.56. The molecule has 0 aliphatic carbocycles. The molecule has 0 bridgehead atoms. The van der Waals surface area contributed by atoms with E-state index in [0.717, 1.165) is 6.07 Å². The largest absolute Gasteiger partial charge is 0.416 e. The molecule has 132 valence electrons. The van der Waals surface area contributed by atoms with Gasteiger partial charge >= 0.3 is 6.18 Å². The number of aryl methyl sites for hydroxylation is 1. The zero-order valence-electron chi connectivity index (χ0n) is 13.8. The number of hydrogen-bond acceptors (Lipinski definition) is 3. The first kappa shape index (κ1) is 18.6. The Kier molecular flexibility index (Phi) is 5.56. The van der Waals surface area contributed by atoms with E-state index in [1.54, 1.807) is 6.07 Å². The second-order valence-electron chi connectivity index (χ2n) is 5.74. The van der Waals surface area contributed by atoms with Crippen LogP contribution in [0.5, 0.6) is 0 Å². The summed E-state index contributed by atoms with van der Waals surface area (Å²) in [5, 5.41) is 2.57. The molecule has 4 nitrogen and oxygen atoms in total. The Labute approximate surface area is 143 Å². The van der Waals surface area contributed by atoms with Crippen LogP contribution in [0, 0.1) is 6.92 Å². The summed E-state index contributed by atoms with van der Waals surface area (Å²) in [6, 6.07) is 6.92. The van der Waals surface area contributed by atoms with Gasteiger partial charge in [0.2, 0.25) is 0 Å². The topological polar surface area (TPSA) is 59.1 Å². The summed E-state index contributed by atoms with van der Waals surface area (Å²) in [7, 11) is 0. The number of benzene rings is 1. The summed E-state index contributed by atoms with van der Waals surface area (Å²) in [6.07, 6.45) is -2.90. The lowest BCUT2D eigenvalue weighted by Gasteiger charge is -2.12. The number of carbonyl (C=O) groups excluding carboxylic acids is 2. The Morgan fingerprint density at radius 3 is 2.52 bits per heavy atom. The molecular weight excluding hydrogens is 333 g/mol. The summed E-state index contributed by atoms with van der Waals surface area (Å²) in [5.41, 5.74) is 0.533. The van der Waals surface area contributed by atoms with Crippen LogP contribution in [0.15, 0.2) is 36.5 Å². The molecule has 0 fully saturated rings. The number of ketones is 1. The van der Waals surface area contributed by atoms with Gasteiger partial charge in [0, 0.05) is 30.4 Å². The van der Waals surface area contributed by atoms with Crippen molar-refractivity contribution in [1.29, 1.82) is 0 Å². The highest BCUT2D eigenvalue weighted by atomic mass is 19.4. The van der Waals surface area contributed by atoms with Gasteiger partial charge in [0.15, 0.2) is 0 Å². The van der Waals surface area contributed by atoms with E-state index in [-0.39, 0.29) is 24.3 Å². The fourth-order valence-corrected chi connectivity index (χ4v) is 2.34. The molecule has 0 spiro atoms. The van der Waals surface area contributed by atoms with Crippen molar-refractivity contribution in [3.63, 3.8) is 0 Å². The van der Waals surface area contributed by atoms with E-state index in [2.05, 4.69) is 10.3 Å². The van der Waals surface area contributed by atoms with E-state index >= 15 is 0 Å². The minimum Gasteiger partial charge on any atom is -0.348 e. The van der Waals surface area contributed by atoms with Gasteiger partial charge in [0.25, 0.3) is 5.91 Å². The molecule has 0 unspecified atom stereocenters. The molecule has 25 heavy (non-hydrogen) atoms. The van der Waals surface area contributed by atoms with Crippen molar-refractivity contribution in [1.82, 2.24) is 10.3 Å². The van der Waals surface area contributed by atoms with Gasteiger partial charge in [0.05, 0.1) is 5.56 Å². The summed E-state index contributed by atoms with van der Waals surface area (Å²) in [6.45, 7) is 2.77. The number of pyridine rings is 1. The Hall–Kier alpha value is -2.70. The van der Waals surface area contributed by atoms with Gasteiger partial charge in [-0.3, -0.25) is 14.6 Å². The van der Waals surface area contributed by atoms with E-state index in [0.29, 0.717) is 16.8 Å². The zero-order chi connectivity index (χ0) is 18.6. The number of alkyl halides is 3. The summed E-state index contributed by atoms with van der Waals surface area (Å²) in [4.78, 5) is 27.3. The van der Waals surface area contributed by atoms with E-state index in [4.69, 9.17) is 0 Å². The van der Waals surface area contributed by atoms with E-state index in [9.17, 15) is 22.8 Å². The molecule has 0 saturated carbocycles. The van der Waals surface area contributed by atoms with Crippen molar-refractivity contribution in [3.8, 4) is 0 Å². The number of amides is 1. The fourth-order valence-electron chi connectivity index (χ4n) is 2.34. The van der Waals surface area contributed by atoms with Crippen molar-refractivity contribution in [2.24, 2.45) is 0 Å². The third-order valence-corrected chi connectivity index (χ3v) is 3.57. The van der Waals surface area contributed by atoms with Gasteiger partial charge in [0.1, 0.15) is 5.78 Å². The predicted molar refractivity (Wildman–Crippen MR) is 86.0 cm³/mol. The lowest BCUT2D eigenvalue weighted by molar-refractivity contribution is -0.138. The maximum absolute atomic E-state index is 12.9. The van der Waals surface area contributed by atoms with Crippen LogP contribution in [0.4, 0.5) is 13.2 Å². The van der Waals surface area contributed by atoms with Crippen molar-refractivity contribution < 1.29 is 22.8 Å². The fraction of sp³-hybridized carbons (Fsp3) is 0.278. The minimum atomic E-state index is -4.43. The van der Waals surface area contributed by atoms with Gasteiger partial charge in [-0.2, -0.15) is 13.2 Å². The molecule has 1 N–H and O–H groups in total. The van der Waals surface area contributed by atoms with Gasteiger partial charge in [-0.1, -0.05) is 12.1 Å². The smallest absolute Gasteiger partial charge is 0.348 e. The summed E-state index contributed by atoms with van der Waals surface area (Å²) < 4.78 is 38.8. The Bertz CT molecular complexity index is 801. The molecule has 1 heterocycles. The molecule has 7 heteroatoms. The van der Waals surface area contributed by atoms with Crippen LogP contribution < -0.4 is 5.32 Å². The van der Waals surface area contributed by atoms with Crippen molar-refractivity contribution in [3.05, 3.63) is 64.5 Å². The number of nitrogens with zero attached hydrogens (tertiary/aromatic N) is 1. The van der Waals surface area contributed by atoms with Gasteiger partial charge in [-0.25, -0.2) is 0 Å². The summed E-state index contributed by atoms with van der Waals surface area (Å²) in [5.74, 6) is -0.522. The molecule has 0 aliphatic heterocycles. The Morgan fingerprint density at radius 2 is 1.88 bits per heavy atom.